The van der Waals surface area contributed by atoms with Gasteiger partial charge in [0.25, 0.3) is 0 Å². The molecule has 2 bridgehead atoms. The summed E-state index contributed by atoms with van der Waals surface area (Å²) in [4.78, 5) is 59.3. The second kappa shape index (κ2) is 11.7. The summed E-state index contributed by atoms with van der Waals surface area (Å²) in [6.07, 6.45) is 3.05. The minimum absolute atomic E-state index is 0.0823. The number of anilines is 1. The van der Waals surface area contributed by atoms with Crippen LogP contribution in [0.3, 0.4) is 0 Å². The summed E-state index contributed by atoms with van der Waals surface area (Å²) >= 11 is 3.48. The van der Waals surface area contributed by atoms with Gasteiger partial charge in [0.2, 0.25) is 11.8 Å². The summed E-state index contributed by atoms with van der Waals surface area (Å²) in [7, 11) is 0. The molecule has 2 amide bonds. The first-order valence-corrected chi connectivity index (χ1v) is 16.6. The molecule has 2 saturated carbocycles. The van der Waals surface area contributed by atoms with Crippen molar-refractivity contribution in [3.05, 3.63) is 119 Å². The van der Waals surface area contributed by atoms with Gasteiger partial charge in [0.1, 0.15) is 0 Å². The van der Waals surface area contributed by atoms with Gasteiger partial charge in [-0.05, 0) is 78.6 Å². The fraction of sp³-hybridized carbons (Fsp3) is 0.205. The van der Waals surface area contributed by atoms with Gasteiger partial charge in [0.15, 0.2) is 12.4 Å². The van der Waals surface area contributed by atoms with E-state index in [0.717, 1.165) is 34.9 Å². The standard InChI is InChI=1S/C39H29BrN2O5/c40-28-14-17-32-30(19-28)31(39(46)47-21-34(43)25-8-6-23(7-9-25)22-4-2-1-3-5-22)20-33(41-32)24-12-15-29(16-13-24)42-37(44)35-26-10-11-27(18-26)36(35)38(42)45/h1-9,12-17,19-20,26-27,35-36H,10-11,18,21H2. The number of rotatable bonds is 7. The van der Waals surface area contributed by atoms with Crippen LogP contribution in [-0.4, -0.2) is 35.2 Å². The lowest BCUT2D eigenvalue weighted by atomic mass is 9.81. The molecule has 3 aliphatic rings. The number of esters is 1. The van der Waals surface area contributed by atoms with Gasteiger partial charge in [-0.15, -0.1) is 0 Å². The Balaban J connectivity index is 1.03. The van der Waals surface area contributed by atoms with Crippen LogP contribution in [0.15, 0.2) is 108 Å². The number of imide groups is 1. The molecule has 1 aromatic heterocycles. The Labute approximate surface area is 279 Å². The average molecular weight is 686 g/mol. The van der Waals surface area contributed by atoms with Gasteiger partial charge in [0, 0.05) is 21.0 Å². The lowest BCUT2D eigenvalue weighted by Gasteiger charge is -2.19. The molecule has 8 rings (SSSR count). The first-order valence-electron chi connectivity index (χ1n) is 15.8. The number of ketones is 1. The SMILES string of the molecule is O=C(COC(=O)c1cc(-c2ccc(N3C(=O)C4C5CCC(C5)C4C3=O)cc2)nc2ccc(Br)cc12)c1ccc(-c2ccccc2)cc1. The molecule has 47 heavy (non-hydrogen) atoms. The maximum absolute atomic E-state index is 13.5. The van der Waals surface area contributed by atoms with Crippen LogP contribution >= 0.6 is 15.9 Å². The van der Waals surface area contributed by atoms with Crippen molar-refractivity contribution in [3.8, 4) is 22.4 Å². The van der Waals surface area contributed by atoms with Crippen molar-refractivity contribution < 1.29 is 23.9 Å². The molecule has 0 spiro atoms. The van der Waals surface area contributed by atoms with E-state index >= 15 is 0 Å². The van der Waals surface area contributed by atoms with E-state index < -0.39 is 12.6 Å². The predicted molar refractivity (Wildman–Crippen MR) is 182 cm³/mol. The number of aromatic nitrogens is 1. The Hall–Kier alpha value is -4.95. The van der Waals surface area contributed by atoms with Gasteiger partial charge in [-0.2, -0.15) is 0 Å². The Morgan fingerprint density at radius 2 is 1.40 bits per heavy atom. The van der Waals surface area contributed by atoms with Crippen LogP contribution < -0.4 is 4.90 Å². The number of fused-ring (bicyclic) bond motifs is 6. The van der Waals surface area contributed by atoms with Crippen LogP contribution in [-0.2, 0) is 14.3 Å². The first kappa shape index (κ1) is 29.5. The number of pyridine rings is 1. The first-order chi connectivity index (χ1) is 22.9. The zero-order valence-electron chi connectivity index (χ0n) is 25.3. The molecule has 8 heteroatoms. The van der Waals surface area contributed by atoms with Crippen molar-refractivity contribution in [2.75, 3.05) is 11.5 Å². The monoisotopic (exact) mass is 684 g/mol. The van der Waals surface area contributed by atoms with E-state index in [-0.39, 0.29) is 35.0 Å². The topological polar surface area (TPSA) is 93.6 Å². The minimum atomic E-state index is -0.642. The van der Waals surface area contributed by atoms with Crippen LogP contribution in [0.5, 0.6) is 0 Å². The van der Waals surface area contributed by atoms with Crippen LogP contribution in [0.25, 0.3) is 33.3 Å². The number of nitrogens with zero attached hydrogens (tertiary/aromatic N) is 2. The number of carbonyl (C=O) groups is 4. The highest BCUT2D eigenvalue weighted by Crippen LogP contribution is 2.56. The minimum Gasteiger partial charge on any atom is -0.454 e. The highest BCUT2D eigenvalue weighted by atomic mass is 79.9. The molecule has 3 fully saturated rings. The maximum Gasteiger partial charge on any atom is 0.339 e. The normalized spacial score (nSPS) is 21.3. The Morgan fingerprint density at radius 3 is 2.09 bits per heavy atom. The maximum atomic E-state index is 13.5. The highest BCUT2D eigenvalue weighted by molar-refractivity contribution is 9.10. The number of amides is 2. The molecule has 0 radical (unpaired) electrons. The molecular weight excluding hydrogens is 656 g/mol. The molecule has 4 atom stereocenters. The van der Waals surface area contributed by atoms with Crippen LogP contribution in [0, 0.1) is 23.7 Å². The summed E-state index contributed by atoms with van der Waals surface area (Å²) in [6.45, 7) is -0.410. The molecule has 5 aromatic rings. The quantitative estimate of drug-likeness (QED) is 0.0983. The summed E-state index contributed by atoms with van der Waals surface area (Å²) in [5.41, 5.74) is 5.13. The molecule has 0 N–H and O–H groups in total. The van der Waals surface area contributed by atoms with Gasteiger partial charge >= 0.3 is 5.97 Å². The molecular formula is C39H29BrN2O5. The smallest absolute Gasteiger partial charge is 0.339 e. The lowest BCUT2D eigenvalue weighted by Crippen LogP contribution is -2.32. The molecule has 232 valence electrons. The van der Waals surface area contributed by atoms with Gasteiger partial charge in [-0.1, -0.05) is 82.7 Å². The average Bonchev–Trinajstić information content (AvgIpc) is 3.80. The van der Waals surface area contributed by atoms with E-state index in [1.54, 1.807) is 36.4 Å². The van der Waals surface area contributed by atoms with Crippen molar-refractivity contribution in [2.45, 2.75) is 19.3 Å². The third-order valence-electron chi connectivity index (χ3n) is 9.99. The highest BCUT2D eigenvalue weighted by Gasteiger charge is 2.61. The molecule has 2 aliphatic carbocycles. The number of ether oxygens (including phenoxy) is 1. The number of carbonyl (C=O) groups excluding carboxylic acids is 4. The Bertz CT molecular complexity index is 2050. The van der Waals surface area contributed by atoms with E-state index in [1.807, 2.05) is 66.7 Å². The van der Waals surface area contributed by atoms with E-state index in [1.165, 1.54) is 4.90 Å². The summed E-state index contributed by atoms with van der Waals surface area (Å²) in [6, 6.07) is 31.3. The van der Waals surface area contributed by atoms with Crippen molar-refractivity contribution >= 4 is 56.1 Å². The Morgan fingerprint density at radius 1 is 0.766 bits per heavy atom. The zero-order valence-corrected chi connectivity index (χ0v) is 26.9. The van der Waals surface area contributed by atoms with E-state index in [2.05, 4.69) is 15.9 Å². The van der Waals surface area contributed by atoms with E-state index in [9.17, 15) is 19.2 Å². The molecule has 2 heterocycles. The lowest BCUT2D eigenvalue weighted by molar-refractivity contribution is -0.123. The molecule has 4 unspecified atom stereocenters. The summed E-state index contributed by atoms with van der Waals surface area (Å²) in [5, 5.41) is 0.582. The van der Waals surface area contributed by atoms with Crippen molar-refractivity contribution in [3.63, 3.8) is 0 Å². The van der Waals surface area contributed by atoms with Crippen molar-refractivity contribution in [1.82, 2.24) is 4.98 Å². The van der Waals surface area contributed by atoms with Crippen LogP contribution in [0.1, 0.15) is 40.0 Å². The van der Waals surface area contributed by atoms with Gasteiger partial charge in [-0.3, -0.25) is 19.3 Å². The number of halogens is 1. The van der Waals surface area contributed by atoms with Gasteiger partial charge < -0.3 is 4.74 Å². The largest absolute Gasteiger partial charge is 0.454 e. The van der Waals surface area contributed by atoms with Crippen LogP contribution in [0.4, 0.5) is 5.69 Å². The summed E-state index contributed by atoms with van der Waals surface area (Å²) < 4.78 is 6.32. The van der Waals surface area contributed by atoms with E-state index in [0.29, 0.717) is 45.2 Å². The molecule has 1 aliphatic heterocycles. The van der Waals surface area contributed by atoms with Gasteiger partial charge in [-0.25, -0.2) is 9.78 Å². The van der Waals surface area contributed by atoms with Crippen molar-refractivity contribution in [2.24, 2.45) is 23.7 Å². The number of Topliss-reactive ketones (excluding diaryl/α,β-unsaturated/α-hetero) is 1. The molecule has 7 nitrogen and oxygen atoms in total. The Kier molecular flexibility index (Phi) is 7.33. The molecule has 1 saturated heterocycles. The third kappa shape index (κ3) is 5.17. The fourth-order valence-electron chi connectivity index (χ4n) is 7.73. The second-order valence-electron chi connectivity index (χ2n) is 12.6. The van der Waals surface area contributed by atoms with E-state index in [4.69, 9.17) is 9.72 Å². The number of benzene rings is 4. The summed E-state index contributed by atoms with van der Waals surface area (Å²) in [5.74, 6) is -0.842. The van der Waals surface area contributed by atoms with Gasteiger partial charge in [0.05, 0.1) is 34.3 Å². The number of hydrogen-bond acceptors (Lipinski definition) is 6. The second-order valence-corrected chi connectivity index (χ2v) is 13.5. The third-order valence-corrected chi connectivity index (χ3v) is 10.5. The van der Waals surface area contributed by atoms with Crippen LogP contribution in [0.2, 0.25) is 0 Å². The predicted octanol–water partition coefficient (Wildman–Crippen LogP) is 7.91. The molecule has 4 aromatic carbocycles. The fourth-order valence-corrected chi connectivity index (χ4v) is 8.09. The zero-order chi connectivity index (χ0) is 32.2. The number of hydrogen-bond donors (Lipinski definition) is 0. The van der Waals surface area contributed by atoms with Crippen molar-refractivity contribution in [1.29, 1.82) is 0 Å².